The zero-order valence-electron chi connectivity index (χ0n) is 14.8. The standard InChI is InChI=1S/C22H20Cl2N2O/c1-15(22(27)26-21-18(23)13-8-14-19(21)24)25-20(16-9-4-2-5-10-16)17-11-6-3-7-12-17/h2-15,20,25H,1H3,(H,26,27)/t15-/m1/s1. The van der Waals surface area contributed by atoms with E-state index in [2.05, 4.69) is 10.6 Å². The smallest absolute Gasteiger partial charge is 0.241 e. The van der Waals surface area contributed by atoms with Crippen LogP contribution < -0.4 is 10.6 Å². The molecule has 0 aliphatic carbocycles. The van der Waals surface area contributed by atoms with E-state index in [0.29, 0.717) is 15.7 Å². The molecule has 0 saturated heterocycles. The third kappa shape index (κ3) is 4.89. The maximum absolute atomic E-state index is 12.7. The molecule has 0 radical (unpaired) electrons. The lowest BCUT2D eigenvalue weighted by Gasteiger charge is -2.24. The average Bonchev–Trinajstić information content (AvgIpc) is 2.70. The number of carbonyl (C=O) groups is 1. The fraction of sp³-hybridized carbons (Fsp3) is 0.136. The van der Waals surface area contributed by atoms with E-state index in [0.717, 1.165) is 11.1 Å². The maximum Gasteiger partial charge on any atom is 0.241 e. The van der Waals surface area contributed by atoms with Crippen molar-refractivity contribution in [2.24, 2.45) is 0 Å². The van der Waals surface area contributed by atoms with Crippen molar-refractivity contribution in [2.75, 3.05) is 5.32 Å². The van der Waals surface area contributed by atoms with Crippen LogP contribution in [0.2, 0.25) is 10.0 Å². The van der Waals surface area contributed by atoms with Gasteiger partial charge in [-0.25, -0.2) is 0 Å². The molecule has 3 aromatic rings. The minimum Gasteiger partial charge on any atom is -0.322 e. The summed E-state index contributed by atoms with van der Waals surface area (Å²) in [6, 6.07) is 24.6. The number of anilines is 1. The van der Waals surface area contributed by atoms with E-state index in [1.807, 2.05) is 67.6 Å². The van der Waals surface area contributed by atoms with Gasteiger partial charge in [0.25, 0.3) is 0 Å². The molecule has 0 fully saturated rings. The van der Waals surface area contributed by atoms with E-state index in [-0.39, 0.29) is 11.9 Å². The molecule has 1 atom stereocenters. The minimum absolute atomic E-state index is 0.116. The topological polar surface area (TPSA) is 41.1 Å². The Morgan fingerprint density at radius 1 is 0.778 bits per heavy atom. The Hall–Kier alpha value is -2.33. The molecule has 2 N–H and O–H groups in total. The number of nitrogens with one attached hydrogen (secondary N) is 2. The van der Waals surface area contributed by atoms with Gasteiger partial charge in [0.15, 0.2) is 0 Å². The second-order valence-electron chi connectivity index (χ2n) is 6.23. The van der Waals surface area contributed by atoms with Gasteiger partial charge in [-0.1, -0.05) is 89.9 Å². The average molecular weight is 399 g/mol. The lowest BCUT2D eigenvalue weighted by Crippen LogP contribution is -2.40. The van der Waals surface area contributed by atoms with Crippen LogP contribution in [0.3, 0.4) is 0 Å². The Morgan fingerprint density at radius 2 is 1.26 bits per heavy atom. The van der Waals surface area contributed by atoms with E-state index in [1.165, 1.54) is 0 Å². The van der Waals surface area contributed by atoms with Crippen LogP contribution in [-0.2, 0) is 4.79 Å². The van der Waals surface area contributed by atoms with Crippen LogP contribution in [0.15, 0.2) is 78.9 Å². The predicted molar refractivity (Wildman–Crippen MR) is 112 cm³/mol. The van der Waals surface area contributed by atoms with Crippen molar-refractivity contribution in [3.05, 3.63) is 100 Å². The van der Waals surface area contributed by atoms with Crippen LogP contribution in [0.4, 0.5) is 5.69 Å². The van der Waals surface area contributed by atoms with Gasteiger partial charge in [-0.05, 0) is 30.2 Å². The molecular formula is C22H20Cl2N2O. The summed E-state index contributed by atoms with van der Waals surface area (Å²) >= 11 is 12.3. The monoisotopic (exact) mass is 398 g/mol. The summed E-state index contributed by atoms with van der Waals surface area (Å²) in [4.78, 5) is 12.7. The highest BCUT2D eigenvalue weighted by Crippen LogP contribution is 2.30. The Morgan fingerprint density at radius 3 is 1.74 bits per heavy atom. The molecule has 27 heavy (non-hydrogen) atoms. The number of amides is 1. The molecule has 1 amide bonds. The first-order valence-electron chi connectivity index (χ1n) is 8.67. The fourth-order valence-corrected chi connectivity index (χ4v) is 3.34. The summed E-state index contributed by atoms with van der Waals surface area (Å²) in [7, 11) is 0. The fourth-order valence-electron chi connectivity index (χ4n) is 2.85. The summed E-state index contributed by atoms with van der Waals surface area (Å²) in [5.74, 6) is -0.207. The molecule has 0 aromatic heterocycles. The van der Waals surface area contributed by atoms with Gasteiger partial charge in [0.1, 0.15) is 0 Å². The minimum atomic E-state index is -0.470. The molecule has 0 heterocycles. The highest BCUT2D eigenvalue weighted by Gasteiger charge is 2.21. The molecule has 0 spiro atoms. The first-order valence-corrected chi connectivity index (χ1v) is 9.42. The molecule has 0 unspecified atom stereocenters. The molecule has 3 rings (SSSR count). The molecular weight excluding hydrogens is 379 g/mol. The third-order valence-corrected chi connectivity index (χ3v) is 4.92. The Bertz CT molecular complexity index is 841. The summed E-state index contributed by atoms with van der Waals surface area (Å²) in [6.45, 7) is 1.82. The number of para-hydroxylation sites is 1. The Kier molecular flexibility index (Phi) is 6.51. The number of benzene rings is 3. The number of hydrogen-bond acceptors (Lipinski definition) is 2. The van der Waals surface area contributed by atoms with Crippen LogP contribution in [-0.4, -0.2) is 11.9 Å². The second-order valence-corrected chi connectivity index (χ2v) is 7.04. The molecule has 0 aliphatic heterocycles. The lowest BCUT2D eigenvalue weighted by atomic mass is 9.98. The second kappa shape index (κ2) is 9.05. The largest absolute Gasteiger partial charge is 0.322 e. The van der Waals surface area contributed by atoms with Crippen molar-refractivity contribution in [3.63, 3.8) is 0 Å². The maximum atomic E-state index is 12.7. The summed E-state index contributed by atoms with van der Waals surface area (Å²) < 4.78 is 0. The van der Waals surface area contributed by atoms with Crippen LogP contribution in [0.25, 0.3) is 0 Å². The summed E-state index contributed by atoms with van der Waals surface area (Å²) in [5, 5.41) is 7.05. The van der Waals surface area contributed by atoms with E-state index in [1.54, 1.807) is 18.2 Å². The number of rotatable bonds is 6. The molecule has 0 bridgehead atoms. The van der Waals surface area contributed by atoms with Crippen LogP contribution in [0.1, 0.15) is 24.1 Å². The number of hydrogen-bond donors (Lipinski definition) is 2. The van der Waals surface area contributed by atoms with Crippen molar-refractivity contribution in [1.29, 1.82) is 0 Å². The Labute approximate surface area is 169 Å². The lowest BCUT2D eigenvalue weighted by molar-refractivity contribution is -0.117. The van der Waals surface area contributed by atoms with Gasteiger partial charge in [-0.15, -0.1) is 0 Å². The van der Waals surface area contributed by atoms with Crippen molar-refractivity contribution in [1.82, 2.24) is 5.32 Å². The predicted octanol–water partition coefficient (Wildman–Crippen LogP) is 5.70. The van der Waals surface area contributed by atoms with E-state index in [9.17, 15) is 4.79 Å². The molecule has 3 aromatic carbocycles. The first kappa shape index (κ1) is 19.4. The highest BCUT2D eigenvalue weighted by atomic mass is 35.5. The van der Waals surface area contributed by atoms with Crippen molar-refractivity contribution in [3.8, 4) is 0 Å². The summed E-state index contributed by atoms with van der Waals surface area (Å²) in [6.07, 6.45) is 0. The number of carbonyl (C=O) groups excluding carboxylic acids is 1. The first-order chi connectivity index (χ1) is 13.1. The van der Waals surface area contributed by atoms with Crippen LogP contribution in [0.5, 0.6) is 0 Å². The zero-order chi connectivity index (χ0) is 19.2. The molecule has 3 nitrogen and oxygen atoms in total. The van der Waals surface area contributed by atoms with Gasteiger partial charge < -0.3 is 5.32 Å². The Balaban J connectivity index is 1.80. The highest BCUT2D eigenvalue weighted by molar-refractivity contribution is 6.39. The third-order valence-electron chi connectivity index (χ3n) is 4.29. The van der Waals surface area contributed by atoms with E-state index < -0.39 is 6.04 Å². The van der Waals surface area contributed by atoms with Crippen LogP contribution >= 0.6 is 23.2 Å². The van der Waals surface area contributed by atoms with Gasteiger partial charge in [0, 0.05) is 0 Å². The van der Waals surface area contributed by atoms with Gasteiger partial charge in [-0.3, -0.25) is 10.1 Å². The van der Waals surface area contributed by atoms with Crippen LogP contribution in [0, 0.1) is 0 Å². The van der Waals surface area contributed by atoms with Gasteiger partial charge in [-0.2, -0.15) is 0 Å². The van der Waals surface area contributed by atoms with Gasteiger partial charge >= 0.3 is 0 Å². The zero-order valence-corrected chi connectivity index (χ0v) is 16.3. The van der Waals surface area contributed by atoms with E-state index in [4.69, 9.17) is 23.2 Å². The van der Waals surface area contributed by atoms with Crippen molar-refractivity contribution >= 4 is 34.8 Å². The summed E-state index contributed by atoms with van der Waals surface area (Å²) in [5.41, 5.74) is 2.59. The van der Waals surface area contributed by atoms with Gasteiger partial charge in [0.05, 0.1) is 27.8 Å². The van der Waals surface area contributed by atoms with E-state index >= 15 is 0 Å². The SMILES string of the molecule is C[C@@H](NC(c1ccccc1)c1ccccc1)C(=O)Nc1c(Cl)cccc1Cl. The molecule has 0 aliphatic rings. The molecule has 0 saturated carbocycles. The van der Waals surface area contributed by atoms with Gasteiger partial charge in [0.2, 0.25) is 5.91 Å². The van der Waals surface area contributed by atoms with Crippen molar-refractivity contribution < 1.29 is 4.79 Å². The molecule has 138 valence electrons. The van der Waals surface area contributed by atoms with Crippen molar-refractivity contribution in [2.45, 2.75) is 19.0 Å². The quantitative estimate of drug-likeness (QED) is 0.558. The number of halogens is 2. The normalized spacial score (nSPS) is 12.0. The molecule has 5 heteroatoms.